The molecule has 0 unspecified atom stereocenters. The van der Waals surface area contributed by atoms with Crippen molar-refractivity contribution in [3.8, 4) is 5.75 Å². The van der Waals surface area contributed by atoms with Gasteiger partial charge in [-0.2, -0.15) is 5.10 Å². The summed E-state index contributed by atoms with van der Waals surface area (Å²) in [4.78, 5) is 27.3. The lowest BCUT2D eigenvalue weighted by Crippen LogP contribution is -2.13. The van der Waals surface area contributed by atoms with Crippen LogP contribution in [0.3, 0.4) is 0 Å². The topological polar surface area (TPSA) is 123 Å². The molecule has 2 N–H and O–H groups in total. The second-order valence-corrected chi connectivity index (χ2v) is 4.26. The molecule has 0 bridgehead atoms. The van der Waals surface area contributed by atoms with E-state index in [0.29, 0.717) is 11.5 Å². The van der Waals surface area contributed by atoms with E-state index in [-0.39, 0.29) is 18.0 Å². The quantitative estimate of drug-likeness (QED) is 0.474. The summed E-state index contributed by atoms with van der Waals surface area (Å²) in [6.07, 6.45) is 1.34. The van der Waals surface area contributed by atoms with Gasteiger partial charge in [0.15, 0.2) is 5.75 Å². The monoisotopic (exact) mass is 303 g/mol. The number of rotatable bonds is 6. The molecule has 1 aromatic carbocycles. The third-order valence-electron chi connectivity index (χ3n) is 2.54. The lowest BCUT2D eigenvalue weighted by molar-refractivity contribution is -0.385. The summed E-state index contributed by atoms with van der Waals surface area (Å²) in [5.41, 5.74) is 2.57. The minimum atomic E-state index is -0.512. The van der Waals surface area contributed by atoms with Gasteiger partial charge in [0, 0.05) is 12.3 Å². The zero-order valence-corrected chi connectivity index (χ0v) is 11.6. The van der Waals surface area contributed by atoms with Crippen molar-refractivity contribution in [2.45, 2.75) is 6.92 Å². The average Bonchev–Trinajstić information content (AvgIpc) is 2.51. The van der Waals surface area contributed by atoms with Crippen LogP contribution < -0.4 is 15.9 Å². The maximum Gasteiger partial charge on any atom is 0.346 e. The smallest absolute Gasteiger partial charge is 0.346 e. The minimum Gasteiger partial charge on any atom is -0.481 e. The first-order chi connectivity index (χ1) is 10.6. The predicted molar refractivity (Wildman–Crippen MR) is 80.2 cm³/mol. The normalized spacial score (nSPS) is 11.0. The highest BCUT2D eigenvalue weighted by Gasteiger charge is 2.13. The molecule has 2 rings (SSSR count). The van der Waals surface area contributed by atoms with Gasteiger partial charge in [0.2, 0.25) is 0 Å². The predicted octanol–water partition coefficient (Wildman–Crippen LogP) is 1.54. The van der Waals surface area contributed by atoms with Crippen LogP contribution >= 0.6 is 0 Å². The number of nitro benzene ring substituents is 1. The molecule has 0 saturated heterocycles. The number of para-hydroxylation sites is 2. The summed E-state index contributed by atoms with van der Waals surface area (Å²) in [6, 6.07) is 7.63. The molecule has 9 nitrogen and oxygen atoms in total. The van der Waals surface area contributed by atoms with Crippen LogP contribution in [0.15, 0.2) is 46.4 Å². The summed E-state index contributed by atoms with van der Waals surface area (Å²) in [5, 5.41) is 14.9. The van der Waals surface area contributed by atoms with Crippen molar-refractivity contribution in [2.75, 3.05) is 12.0 Å². The SMILES string of the molecule is C/C(COc1ccccc1[N+](=O)[O-])=N\Nc1ccnc(=O)[nH]1. The summed E-state index contributed by atoms with van der Waals surface area (Å²) >= 11 is 0. The molecule has 22 heavy (non-hydrogen) atoms. The van der Waals surface area contributed by atoms with Gasteiger partial charge in [0.05, 0.1) is 10.6 Å². The van der Waals surface area contributed by atoms with Crippen LogP contribution in [0.2, 0.25) is 0 Å². The fourth-order valence-electron chi connectivity index (χ4n) is 1.53. The molecule has 1 heterocycles. The molecule has 0 aliphatic rings. The van der Waals surface area contributed by atoms with Crippen LogP contribution in [0, 0.1) is 10.1 Å². The highest BCUT2D eigenvalue weighted by atomic mass is 16.6. The molecular weight excluding hydrogens is 290 g/mol. The molecule has 0 amide bonds. The Bertz CT molecular complexity index is 756. The van der Waals surface area contributed by atoms with Gasteiger partial charge >= 0.3 is 11.4 Å². The Morgan fingerprint density at radius 1 is 1.45 bits per heavy atom. The Kier molecular flexibility index (Phi) is 4.81. The van der Waals surface area contributed by atoms with Crippen LogP contribution in [0.1, 0.15) is 6.92 Å². The highest BCUT2D eigenvalue weighted by molar-refractivity contribution is 5.84. The molecule has 0 saturated carbocycles. The first-order valence-corrected chi connectivity index (χ1v) is 6.27. The van der Waals surface area contributed by atoms with Crippen molar-refractivity contribution in [3.63, 3.8) is 0 Å². The van der Waals surface area contributed by atoms with Crippen molar-refractivity contribution >= 4 is 17.2 Å². The lowest BCUT2D eigenvalue weighted by Gasteiger charge is -2.06. The van der Waals surface area contributed by atoms with Crippen LogP contribution in [0.4, 0.5) is 11.5 Å². The van der Waals surface area contributed by atoms with Crippen molar-refractivity contribution in [2.24, 2.45) is 5.10 Å². The number of nitrogens with one attached hydrogen (secondary N) is 2. The van der Waals surface area contributed by atoms with Crippen molar-refractivity contribution in [1.29, 1.82) is 0 Å². The molecule has 114 valence electrons. The number of aromatic nitrogens is 2. The molecule has 9 heteroatoms. The summed E-state index contributed by atoms with van der Waals surface area (Å²) in [5.74, 6) is 0.546. The van der Waals surface area contributed by atoms with E-state index in [2.05, 4.69) is 20.5 Å². The van der Waals surface area contributed by atoms with Gasteiger partial charge in [-0.25, -0.2) is 9.78 Å². The number of nitrogens with zero attached hydrogens (tertiary/aromatic N) is 3. The molecule has 0 fully saturated rings. The third kappa shape index (κ3) is 4.13. The van der Waals surface area contributed by atoms with E-state index < -0.39 is 10.6 Å². The zero-order valence-electron chi connectivity index (χ0n) is 11.6. The second-order valence-electron chi connectivity index (χ2n) is 4.26. The maximum atomic E-state index is 11.0. The van der Waals surface area contributed by atoms with Gasteiger partial charge in [-0.1, -0.05) is 12.1 Å². The van der Waals surface area contributed by atoms with Crippen molar-refractivity contribution in [3.05, 3.63) is 57.1 Å². The number of anilines is 1. The van der Waals surface area contributed by atoms with E-state index >= 15 is 0 Å². The Morgan fingerprint density at radius 2 is 2.23 bits per heavy atom. The highest BCUT2D eigenvalue weighted by Crippen LogP contribution is 2.25. The first-order valence-electron chi connectivity index (χ1n) is 6.27. The Labute approximate surface area is 124 Å². The summed E-state index contributed by atoms with van der Waals surface area (Å²) < 4.78 is 5.38. The number of ether oxygens (including phenoxy) is 1. The number of hydrazone groups is 1. The van der Waals surface area contributed by atoms with Gasteiger partial charge < -0.3 is 4.74 Å². The van der Waals surface area contributed by atoms with E-state index in [1.165, 1.54) is 18.3 Å². The van der Waals surface area contributed by atoms with Gasteiger partial charge in [0.25, 0.3) is 0 Å². The fraction of sp³-hybridized carbons (Fsp3) is 0.154. The van der Waals surface area contributed by atoms with Crippen LogP contribution in [-0.4, -0.2) is 27.2 Å². The van der Waals surface area contributed by atoms with E-state index in [0.717, 1.165) is 0 Å². The largest absolute Gasteiger partial charge is 0.481 e. The van der Waals surface area contributed by atoms with Gasteiger partial charge in [-0.05, 0) is 19.1 Å². The zero-order chi connectivity index (χ0) is 15.9. The minimum absolute atomic E-state index is 0.0627. The van der Waals surface area contributed by atoms with Gasteiger partial charge in [-0.3, -0.25) is 20.5 Å². The number of hydrogen-bond acceptors (Lipinski definition) is 7. The molecular formula is C13H13N5O4. The molecule has 0 atom stereocenters. The number of benzene rings is 1. The van der Waals surface area contributed by atoms with Crippen LogP contribution in [0.5, 0.6) is 5.75 Å². The maximum absolute atomic E-state index is 11.0. The fourth-order valence-corrected chi connectivity index (χ4v) is 1.53. The van der Waals surface area contributed by atoms with Crippen LogP contribution in [0.25, 0.3) is 0 Å². The third-order valence-corrected chi connectivity index (χ3v) is 2.54. The Balaban J connectivity index is 1.98. The van der Waals surface area contributed by atoms with E-state index in [4.69, 9.17) is 4.74 Å². The van der Waals surface area contributed by atoms with E-state index in [1.807, 2.05) is 0 Å². The number of H-pyrrole nitrogens is 1. The van der Waals surface area contributed by atoms with Crippen LogP contribution in [-0.2, 0) is 0 Å². The average molecular weight is 303 g/mol. The molecule has 0 radical (unpaired) electrons. The standard InChI is InChI=1S/C13H13N5O4/c1-9(16-17-12-6-7-14-13(19)15-12)8-22-11-5-3-2-4-10(11)18(20)21/h2-7H,8H2,1H3,(H2,14,15,17,19)/b16-9+. The number of nitro groups is 1. The van der Waals surface area contributed by atoms with Crippen molar-refractivity contribution in [1.82, 2.24) is 9.97 Å². The number of aromatic amines is 1. The van der Waals surface area contributed by atoms with Crippen molar-refractivity contribution < 1.29 is 9.66 Å². The van der Waals surface area contributed by atoms with E-state index in [9.17, 15) is 14.9 Å². The molecule has 0 aliphatic carbocycles. The Morgan fingerprint density at radius 3 is 2.95 bits per heavy atom. The van der Waals surface area contributed by atoms with Gasteiger partial charge in [-0.15, -0.1) is 0 Å². The molecule has 0 spiro atoms. The molecule has 0 aliphatic heterocycles. The number of hydrogen-bond donors (Lipinski definition) is 2. The lowest BCUT2D eigenvalue weighted by atomic mass is 10.3. The molecule has 2 aromatic rings. The summed E-state index contributed by atoms with van der Waals surface area (Å²) in [6.45, 7) is 1.74. The Hall–Kier alpha value is -3.23. The molecule has 1 aromatic heterocycles. The second kappa shape index (κ2) is 6.97. The van der Waals surface area contributed by atoms with Gasteiger partial charge in [0.1, 0.15) is 12.4 Å². The van der Waals surface area contributed by atoms with E-state index in [1.54, 1.807) is 25.1 Å². The first kappa shape index (κ1) is 15.2. The summed E-state index contributed by atoms with van der Waals surface area (Å²) in [7, 11) is 0.